The summed E-state index contributed by atoms with van der Waals surface area (Å²) < 4.78 is 15.8. The maximum absolute atomic E-state index is 6.99. The molecule has 0 bridgehead atoms. The van der Waals surface area contributed by atoms with Crippen LogP contribution < -0.4 is 4.90 Å². The second-order valence-electron chi connectivity index (χ2n) is 13.3. The van der Waals surface area contributed by atoms with Crippen LogP contribution in [-0.4, -0.2) is 4.57 Å². The fraction of sp³-hybridized carbons (Fsp3) is 0. The lowest BCUT2D eigenvalue weighted by Gasteiger charge is -2.26. The monoisotopic (exact) mass is 666 g/mol. The molecule has 3 aromatic heterocycles. The Morgan fingerprint density at radius 2 is 1.00 bits per heavy atom. The zero-order valence-electron chi connectivity index (χ0n) is 28.0. The molecule has 0 unspecified atom stereocenters. The van der Waals surface area contributed by atoms with Gasteiger partial charge in [0.1, 0.15) is 16.7 Å². The van der Waals surface area contributed by atoms with Crippen molar-refractivity contribution in [2.45, 2.75) is 0 Å². The normalized spacial score (nSPS) is 11.8. The molecule has 0 saturated carbocycles. The van der Waals surface area contributed by atoms with Gasteiger partial charge in [0.2, 0.25) is 0 Å². The zero-order valence-corrected chi connectivity index (χ0v) is 28.0. The van der Waals surface area contributed by atoms with Gasteiger partial charge >= 0.3 is 0 Å². The summed E-state index contributed by atoms with van der Waals surface area (Å²) in [6, 6.07) is 64.1. The van der Waals surface area contributed by atoms with Crippen LogP contribution in [-0.2, 0) is 0 Å². The molecule has 0 fully saturated rings. The number of anilines is 3. The molecule has 0 atom stereocenters. The SMILES string of the molecule is c1ccc(-c2cccc3c2oc2c(N(c4ccc5c(c4)oc4ccccc45)c4ccc5c6ccccc6n(-c6ccccc6)c5c4)cccc23)cc1. The van der Waals surface area contributed by atoms with Crippen LogP contribution in [0, 0.1) is 0 Å². The van der Waals surface area contributed by atoms with Crippen LogP contribution in [0.25, 0.3) is 82.5 Å². The van der Waals surface area contributed by atoms with Gasteiger partial charge in [-0.15, -0.1) is 0 Å². The van der Waals surface area contributed by atoms with Crippen molar-refractivity contribution in [3.05, 3.63) is 182 Å². The van der Waals surface area contributed by atoms with Crippen LogP contribution in [0.2, 0.25) is 0 Å². The summed E-state index contributed by atoms with van der Waals surface area (Å²) in [5, 5.41) is 6.78. The highest BCUT2D eigenvalue weighted by Crippen LogP contribution is 2.46. The van der Waals surface area contributed by atoms with Crippen molar-refractivity contribution >= 4 is 82.7 Å². The fourth-order valence-electron chi connectivity index (χ4n) is 8.06. The highest BCUT2D eigenvalue weighted by atomic mass is 16.3. The van der Waals surface area contributed by atoms with E-state index in [0.29, 0.717) is 0 Å². The van der Waals surface area contributed by atoms with Gasteiger partial charge in [0.25, 0.3) is 0 Å². The number of rotatable bonds is 5. The van der Waals surface area contributed by atoms with Crippen molar-refractivity contribution in [3.8, 4) is 16.8 Å². The van der Waals surface area contributed by atoms with Crippen LogP contribution in [0.5, 0.6) is 0 Å². The van der Waals surface area contributed by atoms with Crippen LogP contribution in [0.3, 0.4) is 0 Å². The smallest absolute Gasteiger partial charge is 0.159 e. The molecule has 11 aromatic rings. The molecule has 0 radical (unpaired) electrons. The molecule has 0 aliphatic carbocycles. The van der Waals surface area contributed by atoms with Crippen molar-refractivity contribution < 1.29 is 8.83 Å². The average molecular weight is 667 g/mol. The third kappa shape index (κ3) is 4.28. The Labute approximate surface area is 299 Å². The number of nitrogens with zero attached hydrogens (tertiary/aromatic N) is 2. The molecule has 0 aliphatic rings. The van der Waals surface area contributed by atoms with E-state index in [2.05, 4.69) is 173 Å². The van der Waals surface area contributed by atoms with E-state index in [4.69, 9.17) is 8.83 Å². The first-order valence-corrected chi connectivity index (χ1v) is 17.6. The molecule has 4 nitrogen and oxygen atoms in total. The quantitative estimate of drug-likeness (QED) is 0.183. The topological polar surface area (TPSA) is 34.5 Å². The molecule has 0 amide bonds. The summed E-state index contributed by atoms with van der Waals surface area (Å²) in [6.45, 7) is 0. The summed E-state index contributed by atoms with van der Waals surface area (Å²) in [7, 11) is 0. The number of hydrogen-bond acceptors (Lipinski definition) is 3. The lowest BCUT2D eigenvalue weighted by Crippen LogP contribution is -2.10. The maximum atomic E-state index is 6.99. The van der Waals surface area contributed by atoms with Gasteiger partial charge in [0.15, 0.2) is 5.58 Å². The summed E-state index contributed by atoms with van der Waals surface area (Å²) in [4.78, 5) is 2.31. The Bertz CT molecular complexity index is 3130. The second-order valence-corrected chi connectivity index (χ2v) is 13.3. The van der Waals surface area contributed by atoms with Gasteiger partial charge in [0, 0.05) is 55.3 Å². The summed E-state index contributed by atoms with van der Waals surface area (Å²) in [5.74, 6) is 0. The van der Waals surface area contributed by atoms with Crippen molar-refractivity contribution in [3.63, 3.8) is 0 Å². The highest BCUT2D eigenvalue weighted by Gasteiger charge is 2.23. The van der Waals surface area contributed by atoms with Gasteiger partial charge in [-0.05, 0) is 60.2 Å². The molecule has 4 heteroatoms. The summed E-state index contributed by atoms with van der Waals surface area (Å²) in [5.41, 5.74) is 12.0. The third-order valence-electron chi connectivity index (χ3n) is 10.4. The first-order chi connectivity index (χ1) is 25.8. The van der Waals surface area contributed by atoms with Crippen molar-refractivity contribution in [1.82, 2.24) is 4.57 Å². The van der Waals surface area contributed by atoms with Crippen molar-refractivity contribution in [2.75, 3.05) is 4.90 Å². The number of para-hydroxylation sites is 5. The number of aromatic nitrogens is 1. The first kappa shape index (κ1) is 28.8. The Morgan fingerprint density at radius 1 is 0.385 bits per heavy atom. The average Bonchev–Trinajstić information content (AvgIpc) is 3.88. The molecular weight excluding hydrogens is 637 g/mol. The standard InChI is InChI=1S/C48H30N2O2/c1-3-13-31(14-4-1)35-19-11-20-40-41-21-12-23-43(48(41)52-47(35)40)49(34-26-28-39-38-18-8-10-24-45(38)51-46(39)30-34)33-25-27-37-36-17-7-9-22-42(36)50(44(37)29-33)32-15-5-2-6-16-32/h1-30H. The van der Waals surface area contributed by atoms with Crippen LogP contribution in [0.4, 0.5) is 17.1 Å². The largest absolute Gasteiger partial charge is 0.456 e. The lowest BCUT2D eigenvalue weighted by atomic mass is 10.0. The molecule has 0 spiro atoms. The van der Waals surface area contributed by atoms with Gasteiger partial charge in [-0.1, -0.05) is 121 Å². The van der Waals surface area contributed by atoms with E-state index in [1.165, 1.54) is 16.3 Å². The first-order valence-electron chi connectivity index (χ1n) is 17.6. The van der Waals surface area contributed by atoms with Gasteiger partial charge in [-0.25, -0.2) is 0 Å². The van der Waals surface area contributed by atoms with Crippen LogP contribution in [0.1, 0.15) is 0 Å². The number of furan rings is 2. The van der Waals surface area contributed by atoms with Crippen molar-refractivity contribution in [2.24, 2.45) is 0 Å². The molecular formula is C48H30N2O2. The van der Waals surface area contributed by atoms with E-state index >= 15 is 0 Å². The predicted molar refractivity (Wildman–Crippen MR) is 215 cm³/mol. The van der Waals surface area contributed by atoms with Crippen LogP contribution >= 0.6 is 0 Å². The minimum atomic E-state index is 0.828. The molecule has 11 rings (SSSR count). The highest BCUT2D eigenvalue weighted by molar-refractivity contribution is 6.15. The number of hydrogen-bond donors (Lipinski definition) is 0. The molecule has 3 heterocycles. The van der Waals surface area contributed by atoms with Crippen molar-refractivity contribution in [1.29, 1.82) is 0 Å². The minimum absolute atomic E-state index is 0.828. The molecule has 244 valence electrons. The lowest BCUT2D eigenvalue weighted by molar-refractivity contribution is 0.668. The summed E-state index contributed by atoms with van der Waals surface area (Å²) >= 11 is 0. The fourth-order valence-corrected chi connectivity index (χ4v) is 8.06. The van der Waals surface area contributed by atoms with E-state index in [1.54, 1.807) is 0 Å². The van der Waals surface area contributed by atoms with E-state index in [9.17, 15) is 0 Å². The van der Waals surface area contributed by atoms with Gasteiger partial charge in [-0.2, -0.15) is 0 Å². The Hall–Kier alpha value is -7.04. The second kappa shape index (κ2) is 11.2. The van der Waals surface area contributed by atoms with E-state index in [-0.39, 0.29) is 0 Å². The minimum Gasteiger partial charge on any atom is -0.456 e. The van der Waals surface area contributed by atoms with E-state index < -0.39 is 0 Å². The maximum Gasteiger partial charge on any atom is 0.159 e. The van der Waals surface area contributed by atoms with E-state index in [0.717, 1.165) is 83.3 Å². The molecule has 0 N–H and O–H groups in total. The van der Waals surface area contributed by atoms with E-state index in [1.807, 2.05) is 18.2 Å². The Kier molecular flexibility index (Phi) is 6.22. The number of fused-ring (bicyclic) bond motifs is 9. The van der Waals surface area contributed by atoms with Crippen LogP contribution in [0.15, 0.2) is 191 Å². The molecule has 0 aliphatic heterocycles. The van der Waals surface area contributed by atoms with Gasteiger partial charge in [0.05, 0.1) is 22.4 Å². The Balaban J connectivity index is 1.20. The molecule has 52 heavy (non-hydrogen) atoms. The predicted octanol–water partition coefficient (Wildman–Crippen LogP) is 13.7. The third-order valence-corrected chi connectivity index (χ3v) is 10.4. The van der Waals surface area contributed by atoms with Gasteiger partial charge < -0.3 is 18.3 Å². The molecule has 0 saturated heterocycles. The Morgan fingerprint density at radius 3 is 1.85 bits per heavy atom. The zero-order chi connectivity index (χ0) is 34.2. The number of benzene rings is 8. The van der Waals surface area contributed by atoms with Gasteiger partial charge in [-0.3, -0.25) is 0 Å². The molecule has 8 aromatic carbocycles. The summed E-state index contributed by atoms with van der Waals surface area (Å²) in [6.07, 6.45) is 0.